The zero-order valence-electron chi connectivity index (χ0n) is 16.0. The summed E-state index contributed by atoms with van der Waals surface area (Å²) in [6, 6.07) is 10.8. The predicted octanol–water partition coefficient (Wildman–Crippen LogP) is 1.61. The van der Waals surface area contributed by atoms with Crippen LogP contribution in [-0.4, -0.2) is 84.2 Å². The summed E-state index contributed by atoms with van der Waals surface area (Å²) in [5, 5.41) is 9.89. The summed E-state index contributed by atoms with van der Waals surface area (Å²) in [6.45, 7) is 4.89. The molecule has 2 heterocycles. The number of carbonyl (C=O) groups is 1. The van der Waals surface area contributed by atoms with E-state index in [-0.39, 0.29) is 12.0 Å². The van der Waals surface area contributed by atoms with E-state index in [4.69, 9.17) is 0 Å². The van der Waals surface area contributed by atoms with Crippen LogP contribution < -0.4 is 0 Å². The van der Waals surface area contributed by atoms with Crippen molar-refractivity contribution in [2.75, 3.05) is 46.3 Å². The molecule has 0 saturated carbocycles. The van der Waals surface area contributed by atoms with E-state index in [1.54, 1.807) is 0 Å². The zero-order chi connectivity index (χ0) is 18.4. The smallest absolute Gasteiger partial charge is 0.237 e. The molecule has 1 aromatic carbocycles. The first kappa shape index (κ1) is 19.3. The van der Waals surface area contributed by atoms with E-state index in [2.05, 4.69) is 46.0 Å². The van der Waals surface area contributed by atoms with Crippen molar-refractivity contribution in [3.63, 3.8) is 0 Å². The largest absolute Gasteiger partial charge is 0.392 e. The van der Waals surface area contributed by atoms with Crippen molar-refractivity contribution in [3.8, 4) is 0 Å². The first-order valence-electron chi connectivity index (χ1n) is 10.0. The Morgan fingerprint density at radius 3 is 2.58 bits per heavy atom. The molecular weight excluding hydrogens is 326 g/mol. The van der Waals surface area contributed by atoms with Gasteiger partial charge in [0, 0.05) is 19.1 Å². The van der Waals surface area contributed by atoms with E-state index in [0.29, 0.717) is 19.1 Å². The second-order valence-electron chi connectivity index (χ2n) is 7.89. The standard InChI is InChI=1S/C21H33N3O2/c1-22-13-10-19(11-14-22)24(15-9-18-6-3-2-4-7-18)21(26)17-23-12-5-8-20(25)16-23/h2-4,6-7,19-20,25H,5,8-17H2,1H3/t20-/m0/s1. The number of hydrogen-bond donors (Lipinski definition) is 1. The highest BCUT2D eigenvalue weighted by Gasteiger charge is 2.29. The van der Waals surface area contributed by atoms with Crippen LogP contribution in [0.2, 0.25) is 0 Å². The lowest BCUT2D eigenvalue weighted by molar-refractivity contribution is -0.136. The first-order chi connectivity index (χ1) is 12.6. The summed E-state index contributed by atoms with van der Waals surface area (Å²) in [5.41, 5.74) is 1.28. The number of hydrogen-bond acceptors (Lipinski definition) is 4. The van der Waals surface area contributed by atoms with Gasteiger partial charge in [0.15, 0.2) is 0 Å². The van der Waals surface area contributed by atoms with Crippen LogP contribution in [-0.2, 0) is 11.2 Å². The average molecular weight is 360 g/mol. The lowest BCUT2D eigenvalue weighted by Gasteiger charge is -2.39. The van der Waals surface area contributed by atoms with Gasteiger partial charge in [-0.15, -0.1) is 0 Å². The van der Waals surface area contributed by atoms with E-state index in [9.17, 15) is 9.90 Å². The molecule has 2 fully saturated rings. The Morgan fingerprint density at radius 2 is 1.88 bits per heavy atom. The highest BCUT2D eigenvalue weighted by atomic mass is 16.3. The second-order valence-corrected chi connectivity index (χ2v) is 7.89. The zero-order valence-corrected chi connectivity index (χ0v) is 16.0. The molecule has 0 radical (unpaired) electrons. The number of benzene rings is 1. The summed E-state index contributed by atoms with van der Waals surface area (Å²) in [7, 11) is 2.15. The molecule has 26 heavy (non-hydrogen) atoms. The molecule has 1 atom stereocenters. The Bertz CT molecular complexity index is 558. The number of nitrogens with zero attached hydrogens (tertiary/aromatic N) is 3. The summed E-state index contributed by atoms with van der Waals surface area (Å²) in [4.78, 5) is 19.7. The lowest BCUT2D eigenvalue weighted by Crippen LogP contribution is -2.51. The second kappa shape index (κ2) is 9.49. The molecule has 0 bridgehead atoms. The number of carbonyl (C=O) groups excluding carboxylic acids is 1. The minimum Gasteiger partial charge on any atom is -0.392 e. The number of aliphatic hydroxyl groups excluding tert-OH is 1. The number of aliphatic hydroxyl groups is 1. The molecule has 2 aliphatic heterocycles. The van der Waals surface area contributed by atoms with Gasteiger partial charge in [-0.2, -0.15) is 0 Å². The fourth-order valence-corrected chi connectivity index (χ4v) is 4.17. The summed E-state index contributed by atoms with van der Waals surface area (Å²) in [6.07, 6.45) is 4.57. The number of amides is 1. The molecule has 3 rings (SSSR count). The van der Waals surface area contributed by atoms with E-state index in [1.807, 2.05) is 6.07 Å². The molecule has 2 saturated heterocycles. The molecule has 0 aliphatic carbocycles. The Morgan fingerprint density at radius 1 is 1.15 bits per heavy atom. The molecule has 1 amide bonds. The van der Waals surface area contributed by atoms with Gasteiger partial charge in [-0.3, -0.25) is 9.69 Å². The molecule has 1 N–H and O–H groups in total. The van der Waals surface area contributed by atoms with Gasteiger partial charge >= 0.3 is 0 Å². The predicted molar refractivity (Wildman–Crippen MR) is 104 cm³/mol. The van der Waals surface area contributed by atoms with Gasteiger partial charge < -0.3 is 14.9 Å². The maximum absolute atomic E-state index is 13.1. The summed E-state index contributed by atoms with van der Waals surface area (Å²) in [5.74, 6) is 0.226. The quantitative estimate of drug-likeness (QED) is 0.838. The molecule has 0 spiro atoms. The normalized spacial score (nSPS) is 23.1. The minimum absolute atomic E-state index is 0.226. The topological polar surface area (TPSA) is 47.0 Å². The van der Waals surface area contributed by atoms with E-state index >= 15 is 0 Å². The van der Waals surface area contributed by atoms with Crippen LogP contribution in [0.15, 0.2) is 30.3 Å². The van der Waals surface area contributed by atoms with Gasteiger partial charge in [-0.25, -0.2) is 0 Å². The van der Waals surface area contributed by atoms with Gasteiger partial charge in [0.25, 0.3) is 0 Å². The van der Waals surface area contributed by atoms with E-state index < -0.39 is 0 Å². The Kier molecular flexibility index (Phi) is 7.06. The van der Waals surface area contributed by atoms with Crippen LogP contribution in [0, 0.1) is 0 Å². The molecule has 2 aliphatic rings. The van der Waals surface area contributed by atoms with Gasteiger partial charge in [0.2, 0.25) is 5.91 Å². The van der Waals surface area contributed by atoms with Crippen molar-refractivity contribution in [1.82, 2.24) is 14.7 Å². The van der Waals surface area contributed by atoms with Crippen molar-refractivity contribution in [2.45, 2.75) is 44.2 Å². The Hall–Kier alpha value is -1.43. The van der Waals surface area contributed by atoms with Crippen LogP contribution in [0.1, 0.15) is 31.2 Å². The minimum atomic E-state index is -0.280. The number of likely N-dealkylation sites (tertiary alicyclic amines) is 2. The molecule has 5 nitrogen and oxygen atoms in total. The van der Waals surface area contributed by atoms with Gasteiger partial charge in [0.05, 0.1) is 12.6 Å². The van der Waals surface area contributed by atoms with Crippen LogP contribution >= 0.6 is 0 Å². The van der Waals surface area contributed by atoms with Crippen LogP contribution in [0.5, 0.6) is 0 Å². The number of rotatable bonds is 6. The van der Waals surface area contributed by atoms with E-state index in [1.165, 1.54) is 5.56 Å². The van der Waals surface area contributed by atoms with Crippen LogP contribution in [0.3, 0.4) is 0 Å². The van der Waals surface area contributed by atoms with Gasteiger partial charge in [0.1, 0.15) is 0 Å². The van der Waals surface area contributed by atoms with Gasteiger partial charge in [-0.05, 0) is 64.3 Å². The Balaban J connectivity index is 1.62. The van der Waals surface area contributed by atoms with E-state index in [0.717, 1.165) is 58.3 Å². The molecule has 0 aromatic heterocycles. The van der Waals surface area contributed by atoms with Crippen molar-refractivity contribution in [3.05, 3.63) is 35.9 Å². The Labute approximate surface area is 157 Å². The fraction of sp³-hybridized carbons (Fsp3) is 0.667. The molecular formula is C21H33N3O2. The summed E-state index contributed by atoms with van der Waals surface area (Å²) < 4.78 is 0. The lowest BCUT2D eigenvalue weighted by atomic mass is 10.0. The molecule has 5 heteroatoms. The van der Waals surface area contributed by atoms with Crippen molar-refractivity contribution >= 4 is 5.91 Å². The number of piperidine rings is 2. The maximum Gasteiger partial charge on any atom is 0.237 e. The van der Waals surface area contributed by atoms with Crippen molar-refractivity contribution in [1.29, 1.82) is 0 Å². The average Bonchev–Trinajstić information content (AvgIpc) is 2.64. The number of β-amino-alcohol motifs (C(OH)–C–C–N with tert-alkyl or cyclic N) is 1. The molecule has 0 unspecified atom stereocenters. The SMILES string of the molecule is CN1CCC(N(CCc2ccccc2)C(=O)CN2CCC[C@H](O)C2)CC1. The van der Waals surface area contributed by atoms with Crippen molar-refractivity contribution < 1.29 is 9.90 Å². The highest BCUT2D eigenvalue weighted by molar-refractivity contribution is 5.78. The first-order valence-corrected chi connectivity index (χ1v) is 10.0. The highest BCUT2D eigenvalue weighted by Crippen LogP contribution is 2.18. The fourth-order valence-electron chi connectivity index (χ4n) is 4.17. The third kappa shape index (κ3) is 5.53. The van der Waals surface area contributed by atoms with Crippen LogP contribution in [0.4, 0.5) is 0 Å². The maximum atomic E-state index is 13.1. The molecule has 144 valence electrons. The third-order valence-corrected chi connectivity index (χ3v) is 5.77. The molecule has 1 aromatic rings. The third-order valence-electron chi connectivity index (χ3n) is 5.77. The monoisotopic (exact) mass is 359 g/mol. The van der Waals surface area contributed by atoms with Gasteiger partial charge in [-0.1, -0.05) is 30.3 Å². The summed E-state index contributed by atoms with van der Waals surface area (Å²) >= 11 is 0. The van der Waals surface area contributed by atoms with Crippen LogP contribution in [0.25, 0.3) is 0 Å². The van der Waals surface area contributed by atoms with Crippen molar-refractivity contribution in [2.24, 2.45) is 0 Å².